The summed E-state index contributed by atoms with van der Waals surface area (Å²) in [5.41, 5.74) is 0.536. The van der Waals surface area contributed by atoms with Crippen molar-refractivity contribution in [3.05, 3.63) is 24.3 Å². The molecule has 0 radical (unpaired) electrons. The van der Waals surface area contributed by atoms with Crippen molar-refractivity contribution in [2.24, 2.45) is 0 Å². The maximum atomic E-state index is 12.6. The van der Waals surface area contributed by atoms with Gasteiger partial charge in [0.25, 0.3) is 0 Å². The third-order valence-electron chi connectivity index (χ3n) is 3.82. The summed E-state index contributed by atoms with van der Waals surface area (Å²) in [6, 6.07) is 5.97. The zero-order valence-corrected chi connectivity index (χ0v) is 12.0. The molecule has 1 fully saturated rings. The van der Waals surface area contributed by atoms with E-state index in [1.807, 2.05) is 0 Å². The molecule has 0 spiro atoms. The molecule has 1 aromatic carbocycles. The number of aliphatic carboxylic acids is 1. The quantitative estimate of drug-likeness (QED) is 0.892. The average molecular weight is 292 g/mol. The maximum Gasteiger partial charge on any atom is 0.325 e. The molecular weight excluding hydrogens is 272 g/mol. The lowest BCUT2D eigenvalue weighted by Gasteiger charge is -2.31. The minimum absolute atomic E-state index is 0.0200. The normalized spacial score (nSPS) is 14.9. The van der Waals surface area contributed by atoms with Crippen molar-refractivity contribution >= 4 is 17.7 Å². The van der Waals surface area contributed by atoms with Crippen molar-refractivity contribution in [2.75, 3.05) is 18.5 Å². The van der Waals surface area contributed by atoms with Crippen LogP contribution in [0.2, 0.25) is 0 Å². The summed E-state index contributed by atoms with van der Waals surface area (Å²) in [5, 5.41) is 18.5. The highest BCUT2D eigenvalue weighted by Gasteiger charge is 2.30. The number of carbonyl (C=O) groups is 2. The summed E-state index contributed by atoms with van der Waals surface area (Å²) in [5.74, 6) is -0.947. The first-order valence-electron chi connectivity index (χ1n) is 7.04. The first-order chi connectivity index (χ1) is 9.99. The van der Waals surface area contributed by atoms with E-state index in [2.05, 4.69) is 0 Å². The summed E-state index contributed by atoms with van der Waals surface area (Å²) in [6.07, 6.45) is 3.72. The molecule has 0 heterocycles. The van der Waals surface area contributed by atoms with Gasteiger partial charge in [0, 0.05) is 24.8 Å². The molecule has 2 rings (SSSR count). The van der Waals surface area contributed by atoms with Crippen LogP contribution in [-0.2, 0) is 4.79 Å². The van der Waals surface area contributed by atoms with Crippen LogP contribution >= 0.6 is 0 Å². The molecular formula is C15H20N2O4. The molecule has 2 N–H and O–H groups in total. The van der Waals surface area contributed by atoms with Gasteiger partial charge in [-0.2, -0.15) is 0 Å². The van der Waals surface area contributed by atoms with E-state index in [0.29, 0.717) is 5.69 Å². The van der Waals surface area contributed by atoms with Gasteiger partial charge < -0.3 is 15.1 Å². The molecule has 1 saturated carbocycles. The molecule has 2 amide bonds. The van der Waals surface area contributed by atoms with Gasteiger partial charge >= 0.3 is 12.0 Å². The zero-order chi connectivity index (χ0) is 15.4. The van der Waals surface area contributed by atoms with Crippen LogP contribution in [-0.4, -0.2) is 46.7 Å². The number of anilines is 1. The molecule has 21 heavy (non-hydrogen) atoms. The largest absolute Gasteiger partial charge is 0.508 e. The number of benzene rings is 1. The van der Waals surface area contributed by atoms with E-state index in [1.165, 1.54) is 21.9 Å². The average Bonchev–Trinajstić information content (AvgIpc) is 2.97. The van der Waals surface area contributed by atoms with Gasteiger partial charge in [-0.1, -0.05) is 18.9 Å². The van der Waals surface area contributed by atoms with Crippen LogP contribution in [0.1, 0.15) is 25.7 Å². The molecule has 0 atom stereocenters. The van der Waals surface area contributed by atoms with Gasteiger partial charge in [0.1, 0.15) is 12.3 Å². The molecule has 6 nitrogen and oxygen atoms in total. The van der Waals surface area contributed by atoms with Crippen LogP contribution in [0.15, 0.2) is 24.3 Å². The molecule has 6 heteroatoms. The Hall–Kier alpha value is -2.24. The first-order valence-corrected chi connectivity index (χ1v) is 7.04. The third kappa shape index (κ3) is 3.65. The fourth-order valence-corrected chi connectivity index (χ4v) is 2.72. The van der Waals surface area contributed by atoms with Crippen molar-refractivity contribution < 1.29 is 19.8 Å². The van der Waals surface area contributed by atoms with Crippen molar-refractivity contribution in [1.82, 2.24) is 4.90 Å². The highest BCUT2D eigenvalue weighted by atomic mass is 16.4. The Bertz CT molecular complexity index is 526. The lowest BCUT2D eigenvalue weighted by atomic mass is 10.2. The summed E-state index contributed by atoms with van der Waals surface area (Å²) < 4.78 is 0. The fourth-order valence-electron chi connectivity index (χ4n) is 2.72. The molecule has 1 aromatic rings. The van der Waals surface area contributed by atoms with Crippen LogP contribution in [0.3, 0.4) is 0 Å². The SMILES string of the molecule is CN(C(=O)N(CC(=O)O)C1CCCC1)c1cccc(O)c1. The topological polar surface area (TPSA) is 81.1 Å². The summed E-state index contributed by atoms with van der Waals surface area (Å²) in [4.78, 5) is 26.4. The summed E-state index contributed by atoms with van der Waals surface area (Å²) >= 11 is 0. The Morgan fingerprint density at radius 1 is 1.29 bits per heavy atom. The van der Waals surface area contributed by atoms with E-state index < -0.39 is 5.97 Å². The Morgan fingerprint density at radius 3 is 2.52 bits per heavy atom. The van der Waals surface area contributed by atoms with E-state index in [4.69, 9.17) is 5.11 Å². The molecule has 1 aliphatic carbocycles. The van der Waals surface area contributed by atoms with Crippen molar-refractivity contribution in [2.45, 2.75) is 31.7 Å². The second-order valence-corrected chi connectivity index (χ2v) is 5.32. The number of nitrogens with zero attached hydrogens (tertiary/aromatic N) is 2. The number of carboxylic acids is 1. The Kier molecular flexibility index (Phi) is 4.67. The number of hydrogen-bond donors (Lipinski definition) is 2. The van der Waals surface area contributed by atoms with Gasteiger partial charge in [-0.3, -0.25) is 9.69 Å². The standard InChI is InChI=1S/C15H20N2O4/c1-16(12-7-4-8-13(18)9-12)15(21)17(10-14(19)20)11-5-2-3-6-11/h4,7-9,11,18H,2-3,5-6,10H2,1H3,(H,19,20). The van der Waals surface area contributed by atoms with E-state index in [9.17, 15) is 14.7 Å². The van der Waals surface area contributed by atoms with Gasteiger partial charge in [0.05, 0.1) is 0 Å². The molecule has 0 aliphatic heterocycles. The predicted molar refractivity (Wildman–Crippen MR) is 78.5 cm³/mol. The monoisotopic (exact) mass is 292 g/mol. The number of urea groups is 1. The highest BCUT2D eigenvalue weighted by molar-refractivity contribution is 5.93. The van der Waals surface area contributed by atoms with Crippen molar-refractivity contribution in [3.63, 3.8) is 0 Å². The fraction of sp³-hybridized carbons (Fsp3) is 0.467. The van der Waals surface area contributed by atoms with Crippen LogP contribution in [0, 0.1) is 0 Å². The number of phenols is 1. The number of phenolic OH excluding ortho intramolecular Hbond substituents is 1. The number of rotatable bonds is 4. The van der Waals surface area contributed by atoms with Gasteiger partial charge in [0.2, 0.25) is 0 Å². The molecule has 1 aliphatic rings. The summed E-state index contributed by atoms with van der Waals surface area (Å²) in [7, 11) is 1.58. The first kappa shape index (κ1) is 15.2. The van der Waals surface area contributed by atoms with Crippen LogP contribution < -0.4 is 4.90 Å². The second-order valence-electron chi connectivity index (χ2n) is 5.32. The number of hydrogen-bond acceptors (Lipinski definition) is 3. The van der Waals surface area contributed by atoms with Gasteiger partial charge in [-0.05, 0) is 25.0 Å². The third-order valence-corrected chi connectivity index (χ3v) is 3.82. The maximum absolute atomic E-state index is 12.6. The zero-order valence-electron chi connectivity index (χ0n) is 12.0. The minimum Gasteiger partial charge on any atom is -0.508 e. The van der Waals surface area contributed by atoms with Crippen molar-refractivity contribution in [1.29, 1.82) is 0 Å². The Morgan fingerprint density at radius 2 is 1.95 bits per heavy atom. The Labute approximate surface area is 123 Å². The number of carboxylic acid groups (broad SMARTS) is 1. The van der Waals surface area contributed by atoms with Crippen LogP contribution in [0.25, 0.3) is 0 Å². The number of carbonyl (C=O) groups excluding carboxylic acids is 1. The van der Waals surface area contributed by atoms with E-state index in [0.717, 1.165) is 25.7 Å². The smallest absolute Gasteiger partial charge is 0.325 e. The molecule has 0 bridgehead atoms. The summed E-state index contributed by atoms with van der Waals surface area (Å²) in [6.45, 7) is -0.299. The van der Waals surface area contributed by atoms with Crippen molar-refractivity contribution in [3.8, 4) is 5.75 Å². The lowest BCUT2D eigenvalue weighted by molar-refractivity contribution is -0.138. The highest BCUT2D eigenvalue weighted by Crippen LogP contribution is 2.26. The minimum atomic E-state index is -1.01. The molecule has 0 aromatic heterocycles. The predicted octanol–water partition coefficient (Wildman–Crippen LogP) is 2.28. The number of amides is 2. The molecule has 0 unspecified atom stereocenters. The van der Waals surface area contributed by atoms with Gasteiger partial charge in [-0.25, -0.2) is 4.79 Å². The van der Waals surface area contributed by atoms with Gasteiger partial charge in [-0.15, -0.1) is 0 Å². The van der Waals surface area contributed by atoms with Gasteiger partial charge in [0.15, 0.2) is 0 Å². The second kappa shape index (κ2) is 6.47. The molecule has 114 valence electrons. The van der Waals surface area contributed by atoms with E-state index in [1.54, 1.807) is 19.2 Å². The Balaban J connectivity index is 2.18. The van der Waals surface area contributed by atoms with Crippen LogP contribution in [0.4, 0.5) is 10.5 Å². The lowest BCUT2D eigenvalue weighted by Crippen LogP contribution is -2.48. The van der Waals surface area contributed by atoms with E-state index in [-0.39, 0.29) is 24.4 Å². The van der Waals surface area contributed by atoms with E-state index >= 15 is 0 Å². The van der Waals surface area contributed by atoms with Crippen LogP contribution in [0.5, 0.6) is 5.75 Å². The molecule has 0 saturated heterocycles. The number of aromatic hydroxyl groups is 1.